The Balaban J connectivity index is 1.91. The number of carbonyl (C=O) groups is 1. The molecule has 2 aromatic carbocycles. The van der Waals surface area contributed by atoms with Crippen LogP contribution >= 0.6 is 11.3 Å². The Kier molecular flexibility index (Phi) is 4.66. The van der Waals surface area contributed by atoms with E-state index in [1.54, 1.807) is 14.2 Å². The zero-order valence-corrected chi connectivity index (χ0v) is 14.6. The van der Waals surface area contributed by atoms with Crippen molar-refractivity contribution in [3.8, 4) is 11.5 Å². The molecule has 5 nitrogen and oxygen atoms in total. The molecule has 24 heavy (non-hydrogen) atoms. The number of aromatic nitrogens is 1. The van der Waals surface area contributed by atoms with Gasteiger partial charge in [0.1, 0.15) is 17.0 Å². The maximum absolute atomic E-state index is 12.3. The highest BCUT2D eigenvalue weighted by Gasteiger charge is 2.10. The van der Waals surface area contributed by atoms with Crippen LogP contribution in [0.25, 0.3) is 10.2 Å². The number of aryl methyl sites for hydroxylation is 1. The van der Waals surface area contributed by atoms with E-state index in [2.05, 4.69) is 4.99 Å². The summed E-state index contributed by atoms with van der Waals surface area (Å²) in [5.74, 6) is 1.36. The predicted molar refractivity (Wildman–Crippen MR) is 94.6 cm³/mol. The molecule has 0 saturated carbocycles. The van der Waals surface area contributed by atoms with Crippen LogP contribution in [0.1, 0.15) is 5.56 Å². The fraction of sp³-hybridized carbons (Fsp3) is 0.222. The lowest BCUT2D eigenvalue weighted by atomic mass is 10.1. The third-order valence-electron chi connectivity index (χ3n) is 3.74. The number of amides is 1. The SMILES string of the molecule is COc1ccc(CC(=O)N=c2sc3cccc(OC)c3n2C)cc1. The summed E-state index contributed by atoms with van der Waals surface area (Å²) in [6, 6.07) is 13.3. The van der Waals surface area contributed by atoms with Gasteiger partial charge in [0.2, 0.25) is 0 Å². The maximum atomic E-state index is 12.3. The first-order valence-corrected chi connectivity index (χ1v) is 8.27. The maximum Gasteiger partial charge on any atom is 0.252 e. The molecule has 0 fully saturated rings. The summed E-state index contributed by atoms with van der Waals surface area (Å²) in [5.41, 5.74) is 1.85. The predicted octanol–water partition coefficient (Wildman–Crippen LogP) is 2.93. The zero-order valence-electron chi connectivity index (χ0n) is 13.8. The summed E-state index contributed by atoms with van der Waals surface area (Å²) in [6.07, 6.45) is 0.259. The number of ether oxygens (including phenoxy) is 2. The number of para-hydroxylation sites is 1. The quantitative estimate of drug-likeness (QED) is 0.732. The van der Waals surface area contributed by atoms with Gasteiger partial charge in [0.25, 0.3) is 5.91 Å². The summed E-state index contributed by atoms with van der Waals surface area (Å²) < 4.78 is 13.4. The van der Waals surface area contributed by atoms with Crippen molar-refractivity contribution in [2.45, 2.75) is 6.42 Å². The molecule has 0 aliphatic rings. The lowest BCUT2D eigenvalue weighted by Crippen LogP contribution is -2.14. The van der Waals surface area contributed by atoms with Crippen molar-refractivity contribution in [3.63, 3.8) is 0 Å². The van der Waals surface area contributed by atoms with Gasteiger partial charge in [0.05, 0.1) is 25.3 Å². The number of carbonyl (C=O) groups excluding carboxylic acids is 1. The third-order valence-corrected chi connectivity index (χ3v) is 4.84. The highest BCUT2D eigenvalue weighted by molar-refractivity contribution is 7.16. The van der Waals surface area contributed by atoms with Crippen molar-refractivity contribution < 1.29 is 14.3 Å². The van der Waals surface area contributed by atoms with E-state index in [0.29, 0.717) is 4.80 Å². The molecule has 0 N–H and O–H groups in total. The molecule has 0 aliphatic heterocycles. The Morgan fingerprint density at radius 1 is 1.12 bits per heavy atom. The first-order valence-electron chi connectivity index (χ1n) is 7.45. The van der Waals surface area contributed by atoms with Crippen LogP contribution in [0, 0.1) is 0 Å². The summed E-state index contributed by atoms with van der Waals surface area (Å²) in [6.45, 7) is 0. The molecular formula is C18H18N2O3S. The Hall–Kier alpha value is -2.60. The number of hydrogen-bond donors (Lipinski definition) is 0. The van der Waals surface area contributed by atoms with E-state index in [1.807, 2.05) is 54.1 Å². The van der Waals surface area contributed by atoms with Gasteiger partial charge in [0, 0.05) is 7.05 Å². The zero-order chi connectivity index (χ0) is 17.1. The highest BCUT2D eigenvalue weighted by Crippen LogP contribution is 2.26. The van der Waals surface area contributed by atoms with E-state index >= 15 is 0 Å². The van der Waals surface area contributed by atoms with Gasteiger partial charge >= 0.3 is 0 Å². The number of thiazole rings is 1. The molecule has 124 valence electrons. The molecule has 1 amide bonds. The summed E-state index contributed by atoms with van der Waals surface area (Å²) in [7, 11) is 5.14. The molecule has 3 aromatic rings. The molecule has 1 aromatic heterocycles. The van der Waals surface area contributed by atoms with Crippen LogP contribution in [-0.2, 0) is 18.3 Å². The van der Waals surface area contributed by atoms with Gasteiger partial charge < -0.3 is 14.0 Å². The van der Waals surface area contributed by atoms with Crippen molar-refractivity contribution >= 4 is 27.5 Å². The van der Waals surface area contributed by atoms with Crippen LogP contribution in [0.3, 0.4) is 0 Å². The molecule has 0 bridgehead atoms. The second-order valence-corrected chi connectivity index (χ2v) is 6.29. The number of nitrogens with zero attached hydrogens (tertiary/aromatic N) is 2. The average molecular weight is 342 g/mol. The molecule has 1 heterocycles. The first-order chi connectivity index (χ1) is 11.6. The number of fused-ring (bicyclic) bond motifs is 1. The van der Waals surface area contributed by atoms with Crippen molar-refractivity contribution in [2.75, 3.05) is 14.2 Å². The Labute approximate surface area is 143 Å². The van der Waals surface area contributed by atoms with E-state index in [9.17, 15) is 4.79 Å². The highest BCUT2D eigenvalue weighted by atomic mass is 32.1. The molecule has 0 aliphatic carbocycles. The molecule has 0 spiro atoms. The smallest absolute Gasteiger partial charge is 0.252 e. The van der Waals surface area contributed by atoms with Gasteiger partial charge in [-0.3, -0.25) is 4.79 Å². The summed E-state index contributed by atoms with van der Waals surface area (Å²) in [5, 5.41) is 0. The van der Waals surface area contributed by atoms with Crippen LogP contribution in [-0.4, -0.2) is 24.7 Å². The van der Waals surface area contributed by atoms with Crippen LogP contribution in [0.5, 0.6) is 11.5 Å². The minimum Gasteiger partial charge on any atom is -0.497 e. The standard InChI is InChI=1S/C18H18N2O3S/c1-20-17-14(23-3)5-4-6-15(17)24-18(20)19-16(21)11-12-7-9-13(22-2)10-8-12/h4-10H,11H2,1-3H3. The molecule has 0 unspecified atom stereocenters. The average Bonchev–Trinajstić information content (AvgIpc) is 2.91. The summed E-state index contributed by atoms with van der Waals surface area (Å²) >= 11 is 1.47. The molecule has 3 rings (SSSR count). The van der Waals surface area contributed by atoms with Crippen molar-refractivity contribution in [1.29, 1.82) is 0 Å². The largest absolute Gasteiger partial charge is 0.497 e. The Morgan fingerprint density at radius 2 is 1.88 bits per heavy atom. The fourth-order valence-corrected chi connectivity index (χ4v) is 3.56. The van der Waals surface area contributed by atoms with E-state index in [1.165, 1.54) is 11.3 Å². The second-order valence-electron chi connectivity index (χ2n) is 5.28. The minimum atomic E-state index is -0.179. The van der Waals surface area contributed by atoms with E-state index < -0.39 is 0 Å². The van der Waals surface area contributed by atoms with Crippen LogP contribution < -0.4 is 14.3 Å². The van der Waals surface area contributed by atoms with E-state index in [-0.39, 0.29) is 12.3 Å². The number of rotatable bonds is 4. The van der Waals surface area contributed by atoms with Crippen LogP contribution in [0.15, 0.2) is 47.5 Å². The molecular weight excluding hydrogens is 324 g/mol. The second kappa shape index (κ2) is 6.88. The Bertz CT molecular complexity index is 939. The van der Waals surface area contributed by atoms with Gasteiger partial charge in [-0.1, -0.05) is 29.5 Å². The van der Waals surface area contributed by atoms with Gasteiger partial charge in [-0.25, -0.2) is 0 Å². The van der Waals surface area contributed by atoms with Crippen molar-refractivity contribution in [2.24, 2.45) is 12.0 Å². The number of methoxy groups -OCH3 is 2. The van der Waals surface area contributed by atoms with Crippen LogP contribution in [0.2, 0.25) is 0 Å². The normalized spacial score (nSPS) is 11.7. The van der Waals surface area contributed by atoms with Gasteiger partial charge in [0.15, 0.2) is 4.80 Å². The monoisotopic (exact) mass is 342 g/mol. The fourth-order valence-electron chi connectivity index (χ4n) is 2.50. The first kappa shape index (κ1) is 16.3. The topological polar surface area (TPSA) is 52.8 Å². The van der Waals surface area contributed by atoms with E-state index in [0.717, 1.165) is 27.3 Å². The molecule has 0 saturated heterocycles. The van der Waals surface area contributed by atoms with Gasteiger partial charge in [-0.05, 0) is 29.8 Å². The molecule has 0 radical (unpaired) electrons. The van der Waals surface area contributed by atoms with Gasteiger partial charge in [-0.15, -0.1) is 0 Å². The lowest BCUT2D eigenvalue weighted by Gasteiger charge is -2.03. The van der Waals surface area contributed by atoms with Gasteiger partial charge in [-0.2, -0.15) is 4.99 Å². The minimum absolute atomic E-state index is 0.179. The van der Waals surface area contributed by atoms with Crippen LogP contribution in [0.4, 0.5) is 0 Å². The lowest BCUT2D eigenvalue weighted by molar-refractivity contribution is -0.117. The Morgan fingerprint density at radius 3 is 2.54 bits per heavy atom. The van der Waals surface area contributed by atoms with Crippen molar-refractivity contribution in [1.82, 2.24) is 4.57 Å². The van der Waals surface area contributed by atoms with Crippen molar-refractivity contribution in [3.05, 3.63) is 52.8 Å². The van der Waals surface area contributed by atoms with E-state index in [4.69, 9.17) is 9.47 Å². The number of hydrogen-bond acceptors (Lipinski definition) is 4. The number of benzene rings is 2. The molecule has 0 atom stereocenters. The third kappa shape index (κ3) is 3.19. The molecule has 6 heteroatoms. The summed E-state index contributed by atoms with van der Waals surface area (Å²) in [4.78, 5) is 17.2.